The number of furan rings is 1. The van der Waals surface area contributed by atoms with E-state index in [0.29, 0.717) is 11.4 Å². The lowest BCUT2D eigenvalue weighted by Gasteiger charge is -2.25. The van der Waals surface area contributed by atoms with E-state index in [1.165, 1.54) is 30.4 Å². The van der Waals surface area contributed by atoms with Gasteiger partial charge in [0.05, 0.1) is 29.5 Å². The lowest BCUT2D eigenvalue weighted by atomic mass is 9.98. The summed E-state index contributed by atoms with van der Waals surface area (Å²) in [7, 11) is 1.38. The molecular weight excluding hydrogens is 453 g/mol. The number of ether oxygens (including phenoxy) is 1. The largest absolute Gasteiger partial charge is 0.507 e. The first-order chi connectivity index (χ1) is 15.2. The standard InChI is InChI=1S/C24H19Cl2NO5/c1-12-6-7-13(2)17(9-12)27-20(18-5-4-8-32-18)19(22(29)24(27)30)21(28)15-10-14(25)11-16(26)23(15)31-3/h4-11,20,28H,1-3H3/b21-19-. The number of carbonyl (C=O) groups is 2. The highest BCUT2D eigenvalue weighted by molar-refractivity contribution is 6.52. The maximum atomic E-state index is 13.2. The Bertz CT molecular complexity index is 1260. The molecule has 1 N–H and O–H groups in total. The molecule has 0 bridgehead atoms. The van der Waals surface area contributed by atoms with Crippen LogP contribution >= 0.6 is 23.2 Å². The van der Waals surface area contributed by atoms with Crippen molar-refractivity contribution in [3.05, 3.63) is 86.8 Å². The van der Waals surface area contributed by atoms with Gasteiger partial charge in [0.25, 0.3) is 11.7 Å². The zero-order valence-corrected chi connectivity index (χ0v) is 19.0. The Morgan fingerprint density at radius 2 is 1.88 bits per heavy atom. The van der Waals surface area contributed by atoms with Crippen LogP contribution in [-0.4, -0.2) is 23.9 Å². The minimum absolute atomic E-state index is 0.0977. The van der Waals surface area contributed by atoms with Crippen molar-refractivity contribution in [1.29, 1.82) is 0 Å². The molecule has 4 rings (SSSR count). The number of methoxy groups -OCH3 is 1. The molecule has 0 aliphatic carbocycles. The highest BCUT2D eigenvalue weighted by atomic mass is 35.5. The summed E-state index contributed by atoms with van der Waals surface area (Å²) in [6, 6.07) is 10.8. The van der Waals surface area contributed by atoms with E-state index in [1.807, 2.05) is 32.0 Å². The third-order valence-electron chi connectivity index (χ3n) is 5.35. The number of amides is 1. The molecule has 3 aromatic rings. The number of aliphatic hydroxyl groups excluding tert-OH is 1. The topological polar surface area (TPSA) is 80.0 Å². The van der Waals surface area contributed by atoms with Crippen molar-refractivity contribution in [2.45, 2.75) is 19.9 Å². The van der Waals surface area contributed by atoms with Crippen molar-refractivity contribution in [2.75, 3.05) is 12.0 Å². The van der Waals surface area contributed by atoms with Crippen molar-refractivity contribution >= 4 is 46.3 Å². The van der Waals surface area contributed by atoms with Crippen LogP contribution in [0.2, 0.25) is 10.0 Å². The molecule has 0 saturated carbocycles. The third-order valence-corrected chi connectivity index (χ3v) is 5.85. The van der Waals surface area contributed by atoms with E-state index in [2.05, 4.69) is 0 Å². The molecule has 8 heteroatoms. The van der Waals surface area contributed by atoms with Crippen molar-refractivity contribution in [2.24, 2.45) is 0 Å². The third kappa shape index (κ3) is 3.55. The normalized spacial score (nSPS) is 17.8. The Morgan fingerprint density at radius 1 is 1.12 bits per heavy atom. The number of hydrogen-bond acceptors (Lipinski definition) is 5. The molecule has 1 aliphatic rings. The second-order valence-corrected chi connectivity index (χ2v) is 8.29. The minimum Gasteiger partial charge on any atom is -0.507 e. The van der Waals surface area contributed by atoms with Crippen LogP contribution in [0.3, 0.4) is 0 Å². The Balaban J connectivity index is 2.01. The number of aliphatic hydroxyl groups is 1. The summed E-state index contributed by atoms with van der Waals surface area (Å²) in [5.41, 5.74) is 2.19. The van der Waals surface area contributed by atoms with Crippen LogP contribution in [0, 0.1) is 13.8 Å². The zero-order chi connectivity index (χ0) is 23.2. The lowest BCUT2D eigenvalue weighted by Crippen LogP contribution is -2.30. The molecule has 1 amide bonds. The molecule has 1 fully saturated rings. The fraction of sp³-hybridized carbons (Fsp3) is 0.167. The molecule has 1 saturated heterocycles. The average Bonchev–Trinajstić information content (AvgIpc) is 3.36. The predicted octanol–water partition coefficient (Wildman–Crippen LogP) is 5.84. The van der Waals surface area contributed by atoms with E-state index < -0.39 is 23.5 Å². The average molecular weight is 472 g/mol. The van der Waals surface area contributed by atoms with Crippen molar-refractivity contribution in [1.82, 2.24) is 0 Å². The van der Waals surface area contributed by atoms with Crippen LogP contribution in [0.5, 0.6) is 5.75 Å². The Hall–Kier alpha value is -3.22. The van der Waals surface area contributed by atoms with E-state index in [-0.39, 0.29) is 26.9 Å². The predicted molar refractivity (Wildman–Crippen MR) is 122 cm³/mol. The quantitative estimate of drug-likeness (QED) is 0.293. The van der Waals surface area contributed by atoms with Gasteiger partial charge >= 0.3 is 0 Å². The summed E-state index contributed by atoms with van der Waals surface area (Å²) in [4.78, 5) is 27.8. The fourth-order valence-electron chi connectivity index (χ4n) is 3.86. The van der Waals surface area contributed by atoms with Gasteiger partial charge in [0.1, 0.15) is 23.3 Å². The molecular formula is C24H19Cl2NO5. The molecule has 1 unspecified atom stereocenters. The van der Waals surface area contributed by atoms with E-state index >= 15 is 0 Å². The highest BCUT2D eigenvalue weighted by Gasteiger charge is 2.49. The Labute approximate surface area is 194 Å². The molecule has 1 aliphatic heterocycles. The van der Waals surface area contributed by atoms with Gasteiger partial charge < -0.3 is 14.3 Å². The summed E-state index contributed by atoms with van der Waals surface area (Å²) in [6.45, 7) is 3.73. The molecule has 0 spiro atoms. The number of aryl methyl sites for hydroxylation is 2. The molecule has 32 heavy (non-hydrogen) atoms. The number of carbonyl (C=O) groups excluding carboxylic acids is 2. The zero-order valence-electron chi connectivity index (χ0n) is 17.5. The Kier molecular flexibility index (Phi) is 5.75. The first-order valence-electron chi connectivity index (χ1n) is 9.69. The summed E-state index contributed by atoms with van der Waals surface area (Å²) in [5, 5.41) is 11.7. The maximum absolute atomic E-state index is 13.2. The van der Waals surface area contributed by atoms with Gasteiger partial charge in [0.15, 0.2) is 0 Å². The van der Waals surface area contributed by atoms with Crippen molar-refractivity contribution in [3.63, 3.8) is 0 Å². The van der Waals surface area contributed by atoms with Gasteiger partial charge in [0, 0.05) is 10.7 Å². The second-order valence-electron chi connectivity index (χ2n) is 7.44. The number of hydrogen-bond donors (Lipinski definition) is 1. The van der Waals surface area contributed by atoms with Gasteiger partial charge in [-0.15, -0.1) is 0 Å². The van der Waals surface area contributed by atoms with Crippen LogP contribution in [0.15, 0.2) is 58.7 Å². The van der Waals surface area contributed by atoms with Crippen LogP contribution in [0.4, 0.5) is 5.69 Å². The van der Waals surface area contributed by atoms with Gasteiger partial charge in [-0.05, 0) is 55.3 Å². The number of halogens is 2. The van der Waals surface area contributed by atoms with Gasteiger partial charge in [-0.3, -0.25) is 14.5 Å². The summed E-state index contributed by atoms with van der Waals surface area (Å²) < 4.78 is 10.9. The van der Waals surface area contributed by atoms with E-state index in [1.54, 1.807) is 12.1 Å². The monoisotopic (exact) mass is 471 g/mol. The van der Waals surface area contributed by atoms with E-state index in [4.69, 9.17) is 32.4 Å². The minimum atomic E-state index is -0.993. The fourth-order valence-corrected chi connectivity index (χ4v) is 4.44. The van der Waals surface area contributed by atoms with Crippen molar-refractivity contribution in [3.8, 4) is 5.75 Å². The lowest BCUT2D eigenvalue weighted by molar-refractivity contribution is -0.132. The second kappa shape index (κ2) is 8.37. The molecule has 6 nitrogen and oxygen atoms in total. The summed E-state index contributed by atoms with van der Waals surface area (Å²) in [6.07, 6.45) is 1.44. The first-order valence-corrected chi connectivity index (χ1v) is 10.4. The number of ketones is 1. The number of nitrogens with zero attached hydrogens (tertiary/aromatic N) is 1. The van der Waals surface area contributed by atoms with Gasteiger partial charge in [-0.25, -0.2) is 0 Å². The van der Waals surface area contributed by atoms with Gasteiger partial charge in [-0.2, -0.15) is 0 Å². The van der Waals surface area contributed by atoms with Crippen molar-refractivity contribution < 1.29 is 23.8 Å². The van der Waals surface area contributed by atoms with Crippen LogP contribution in [0.1, 0.15) is 28.5 Å². The van der Waals surface area contributed by atoms with E-state index in [9.17, 15) is 14.7 Å². The molecule has 2 heterocycles. The number of anilines is 1. The highest BCUT2D eigenvalue weighted by Crippen LogP contribution is 2.45. The van der Waals surface area contributed by atoms with Gasteiger partial charge in [-0.1, -0.05) is 35.3 Å². The molecule has 164 valence electrons. The Morgan fingerprint density at radius 3 is 2.53 bits per heavy atom. The maximum Gasteiger partial charge on any atom is 0.300 e. The summed E-state index contributed by atoms with van der Waals surface area (Å²) >= 11 is 12.4. The van der Waals surface area contributed by atoms with Crippen LogP contribution < -0.4 is 9.64 Å². The smallest absolute Gasteiger partial charge is 0.300 e. The molecule has 2 aromatic carbocycles. The SMILES string of the molecule is COc1c(Cl)cc(Cl)cc1/C(O)=C1/C(=O)C(=O)N(c2cc(C)ccc2C)C1c1ccco1. The summed E-state index contributed by atoms with van der Waals surface area (Å²) in [5.74, 6) is -1.65. The molecule has 1 aromatic heterocycles. The number of rotatable bonds is 4. The van der Waals surface area contributed by atoms with Gasteiger partial charge in [0.2, 0.25) is 0 Å². The molecule has 0 radical (unpaired) electrons. The molecule has 1 atom stereocenters. The number of benzene rings is 2. The van der Waals surface area contributed by atoms with Crippen LogP contribution in [-0.2, 0) is 9.59 Å². The van der Waals surface area contributed by atoms with Crippen LogP contribution in [0.25, 0.3) is 5.76 Å². The first kappa shape index (κ1) is 22.0. The number of Topliss-reactive ketones (excluding diaryl/α,β-unsaturated/α-hetero) is 1. The van der Waals surface area contributed by atoms with E-state index in [0.717, 1.165) is 11.1 Å².